The molecule has 4 aromatic heterocycles. The van der Waals surface area contributed by atoms with E-state index in [-0.39, 0.29) is 36.5 Å². The fourth-order valence-corrected chi connectivity index (χ4v) is 4.79. The number of hydrogen-bond acceptors (Lipinski definition) is 10. The molecule has 2 atom stereocenters. The molecule has 1 saturated carbocycles. The second-order valence-electron chi connectivity index (χ2n) is 9.76. The number of rotatable bonds is 10. The summed E-state index contributed by atoms with van der Waals surface area (Å²) in [6, 6.07) is 14.4. The molecule has 1 aliphatic carbocycles. The second kappa shape index (κ2) is 12.9. The van der Waals surface area contributed by atoms with E-state index >= 15 is 0 Å². The van der Waals surface area contributed by atoms with Crippen LogP contribution in [-0.4, -0.2) is 56.4 Å². The number of pyridine rings is 2. The van der Waals surface area contributed by atoms with Crippen molar-refractivity contribution in [2.45, 2.75) is 43.9 Å². The third kappa shape index (κ3) is 7.35. The number of methoxy groups -OCH3 is 2. The molecule has 0 aromatic carbocycles. The third-order valence-corrected chi connectivity index (χ3v) is 6.92. The molecule has 12 nitrogen and oxygen atoms in total. The Kier molecular flexibility index (Phi) is 8.67. The summed E-state index contributed by atoms with van der Waals surface area (Å²) in [7, 11) is 3.09. The van der Waals surface area contributed by atoms with Gasteiger partial charge in [-0.2, -0.15) is 10.2 Å². The largest absolute Gasteiger partial charge is 0.481 e. The van der Waals surface area contributed by atoms with Crippen molar-refractivity contribution in [2.24, 2.45) is 0 Å². The molecule has 5 rings (SSSR count). The Hall–Kier alpha value is -5.00. The summed E-state index contributed by atoms with van der Waals surface area (Å²) in [5.74, 6) is 1.88. The standard InChI is InChI=1S/C29H30N8O4/c1-40-28-11-3-18(16-30-28)13-26(38)32-24-9-7-22(34-36-24)20-5-6-21(15-20)23-8-10-25(37-35-23)33-27(39)14-19-4-12-29(41-2)31-17-19/h3-4,7-12,16-17,20-21H,5-6,13-15H2,1-2H3,(H,32,36,38)(H,33,37,39)/t20-,21-/m0/s1. The third-order valence-electron chi connectivity index (χ3n) is 6.92. The molecule has 0 spiro atoms. The maximum atomic E-state index is 12.4. The topological polar surface area (TPSA) is 154 Å². The van der Waals surface area contributed by atoms with E-state index < -0.39 is 0 Å². The number of anilines is 2. The smallest absolute Gasteiger partial charge is 0.230 e. The molecule has 0 radical (unpaired) electrons. The second-order valence-corrected chi connectivity index (χ2v) is 9.76. The molecule has 1 fully saturated rings. The van der Waals surface area contributed by atoms with Crippen molar-refractivity contribution in [3.05, 3.63) is 83.4 Å². The van der Waals surface area contributed by atoms with Crippen molar-refractivity contribution in [1.82, 2.24) is 30.4 Å². The van der Waals surface area contributed by atoms with Gasteiger partial charge in [-0.05, 0) is 54.7 Å². The molecular weight excluding hydrogens is 524 g/mol. The molecule has 2 amide bonds. The van der Waals surface area contributed by atoms with E-state index in [1.54, 1.807) is 63.0 Å². The molecule has 2 N–H and O–H groups in total. The fraction of sp³-hybridized carbons (Fsp3) is 0.310. The number of hydrogen-bond donors (Lipinski definition) is 2. The van der Waals surface area contributed by atoms with Crippen molar-refractivity contribution in [2.75, 3.05) is 24.9 Å². The van der Waals surface area contributed by atoms with Gasteiger partial charge in [0.25, 0.3) is 0 Å². The van der Waals surface area contributed by atoms with Crippen molar-refractivity contribution >= 4 is 23.5 Å². The lowest BCUT2D eigenvalue weighted by molar-refractivity contribution is -0.116. The molecule has 0 unspecified atom stereocenters. The first kappa shape index (κ1) is 27.6. The minimum atomic E-state index is -0.198. The minimum Gasteiger partial charge on any atom is -0.481 e. The van der Waals surface area contributed by atoms with Crippen LogP contribution in [0, 0.1) is 0 Å². The van der Waals surface area contributed by atoms with Gasteiger partial charge in [0.05, 0.1) is 38.4 Å². The van der Waals surface area contributed by atoms with Crippen LogP contribution in [0.4, 0.5) is 11.6 Å². The highest BCUT2D eigenvalue weighted by atomic mass is 16.5. The maximum Gasteiger partial charge on any atom is 0.230 e. The van der Waals surface area contributed by atoms with Crippen LogP contribution in [0.5, 0.6) is 11.8 Å². The van der Waals surface area contributed by atoms with Crippen molar-refractivity contribution in [3.63, 3.8) is 0 Å². The highest BCUT2D eigenvalue weighted by molar-refractivity contribution is 5.91. The predicted molar refractivity (Wildman–Crippen MR) is 150 cm³/mol. The maximum absolute atomic E-state index is 12.4. The van der Waals surface area contributed by atoms with Gasteiger partial charge in [-0.1, -0.05) is 12.1 Å². The van der Waals surface area contributed by atoms with Crippen molar-refractivity contribution in [1.29, 1.82) is 0 Å². The van der Waals surface area contributed by atoms with Crippen LogP contribution in [0.3, 0.4) is 0 Å². The average molecular weight is 555 g/mol. The van der Waals surface area contributed by atoms with Crippen molar-refractivity contribution in [3.8, 4) is 11.8 Å². The lowest BCUT2D eigenvalue weighted by atomic mass is 9.99. The molecule has 12 heteroatoms. The van der Waals surface area contributed by atoms with Gasteiger partial charge in [0.1, 0.15) is 0 Å². The number of carbonyl (C=O) groups is 2. The number of carbonyl (C=O) groups excluding carboxylic acids is 2. The Balaban J connectivity index is 1.10. The monoisotopic (exact) mass is 554 g/mol. The van der Waals surface area contributed by atoms with Gasteiger partial charge in [0, 0.05) is 36.4 Å². The summed E-state index contributed by atoms with van der Waals surface area (Å²) in [5, 5.41) is 22.7. The highest BCUT2D eigenvalue weighted by Crippen LogP contribution is 2.42. The molecule has 0 bridgehead atoms. The van der Waals surface area contributed by atoms with E-state index in [1.807, 2.05) is 12.1 Å². The summed E-state index contributed by atoms with van der Waals surface area (Å²) in [5.41, 5.74) is 3.31. The van der Waals surface area contributed by atoms with Gasteiger partial charge >= 0.3 is 0 Å². The van der Waals surface area contributed by atoms with Crippen LogP contribution < -0.4 is 20.1 Å². The number of amides is 2. The number of aromatic nitrogens is 6. The average Bonchev–Trinajstić information content (AvgIpc) is 3.49. The highest BCUT2D eigenvalue weighted by Gasteiger charge is 2.29. The first-order valence-electron chi connectivity index (χ1n) is 13.2. The summed E-state index contributed by atoms with van der Waals surface area (Å²) in [6.07, 6.45) is 6.34. The minimum absolute atomic E-state index is 0.175. The first-order valence-corrected chi connectivity index (χ1v) is 13.2. The van der Waals surface area contributed by atoms with Crippen LogP contribution in [0.15, 0.2) is 60.9 Å². The number of ether oxygens (including phenoxy) is 2. The molecule has 4 heterocycles. The van der Waals surface area contributed by atoms with Crippen LogP contribution >= 0.6 is 0 Å². The van der Waals surface area contributed by atoms with Gasteiger partial charge in [0.2, 0.25) is 23.6 Å². The van der Waals surface area contributed by atoms with Crippen LogP contribution in [0.2, 0.25) is 0 Å². The van der Waals surface area contributed by atoms with E-state index in [1.165, 1.54) is 0 Å². The summed E-state index contributed by atoms with van der Waals surface area (Å²) in [6.45, 7) is 0. The SMILES string of the molecule is COc1ccc(CC(=O)Nc2ccc([C@H]3CC[C@H](c4ccc(NC(=O)Cc5ccc(OC)nc5)nn4)C3)nn2)cn1. The molecule has 0 aliphatic heterocycles. The molecule has 210 valence electrons. The summed E-state index contributed by atoms with van der Waals surface area (Å²) < 4.78 is 10.1. The Morgan fingerprint density at radius 3 is 1.49 bits per heavy atom. The Morgan fingerprint density at radius 1 is 0.683 bits per heavy atom. The zero-order chi connectivity index (χ0) is 28.6. The van der Waals surface area contributed by atoms with Gasteiger partial charge in [-0.25, -0.2) is 9.97 Å². The number of nitrogens with one attached hydrogen (secondary N) is 2. The van der Waals surface area contributed by atoms with Crippen LogP contribution in [0.25, 0.3) is 0 Å². The molecule has 4 aromatic rings. The molecule has 1 aliphatic rings. The van der Waals surface area contributed by atoms with E-state index in [9.17, 15) is 9.59 Å². The van der Waals surface area contributed by atoms with Gasteiger partial charge < -0.3 is 20.1 Å². The molecule has 41 heavy (non-hydrogen) atoms. The Bertz CT molecular complexity index is 1350. The van der Waals surface area contributed by atoms with E-state index in [4.69, 9.17) is 9.47 Å². The summed E-state index contributed by atoms with van der Waals surface area (Å²) >= 11 is 0. The van der Waals surface area contributed by atoms with Gasteiger partial charge in [-0.3, -0.25) is 9.59 Å². The zero-order valence-corrected chi connectivity index (χ0v) is 22.8. The van der Waals surface area contributed by atoms with Crippen LogP contribution in [-0.2, 0) is 22.4 Å². The normalized spacial score (nSPS) is 16.1. The lowest BCUT2D eigenvalue weighted by Gasteiger charge is -2.11. The predicted octanol–water partition coefficient (Wildman–Crippen LogP) is 3.49. The van der Waals surface area contributed by atoms with Gasteiger partial charge in [-0.15, -0.1) is 10.2 Å². The van der Waals surface area contributed by atoms with E-state index in [2.05, 4.69) is 41.0 Å². The van der Waals surface area contributed by atoms with Crippen molar-refractivity contribution < 1.29 is 19.1 Å². The Labute approximate surface area is 237 Å². The fourth-order valence-electron chi connectivity index (χ4n) is 4.79. The zero-order valence-electron chi connectivity index (χ0n) is 22.8. The molecule has 0 saturated heterocycles. The van der Waals surface area contributed by atoms with Gasteiger partial charge in [0.15, 0.2) is 11.6 Å². The number of nitrogens with zero attached hydrogens (tertiary/aromatic N) is 6. The quantitative estimate of drug-likeness (QED) is 0.298. The van der Waals surface area contributed by atoms with Crippen LogP contribution in [0.1, 0.15) is 53.6 Å². The molecular formula is C29H30N8O4. The van der Waals surface area contributed by atoms with E-state index in [0.717, 1.165) is 41.8 Å². The Morgan fingerprint density at radius 2 is 1.15 bits per heavy atom. The summed E-state index contributed by atoms with van der Waals surface area (Å²) in [4.78, 5) is 33.0. The van der Waals surface area contributed by atoms with E-state index in [0.29, 0.717) is 23.4 Å². The first-order chi connectivity index (χ1) is 20.0. The lowest BCUT2D eigenvalue weighted by Crippen LogP contribution is -2.16.